The third-order valence-corrected chi connectivity index (χ3v) is 3.29. The van der Waals surface area contributed by atoms with Crippen LogP contribution < -0.4 is 0 Å². The Hall–Kier alpha value is -0.0500. The first-order valence-electron chi connectivity index (χ1n) is 3.03. The summed E-state index contributed by atoms with van der Waals surface area (Å²) < 4.78 is 4.84. The van der Waals surface area contributed by atoms with Gasteiger partial charge in [0.2, 0.25) is 0 Å². The van der Waals surface area contributed by atoms with Gasteiger partial charge >= 0.3 is 5.97 Å². The monoisotopic (exact) mass is 190 g/mol. The molecule has 50 valence electrons. The highest BCUT2D eigenvalue weighted by Crippen LogP contribution is 2.58. The maximum atomic E-state index is 10.9. The Labute approximate surface area is 61.7 Å². The summed E-state index contributed by atoms with van der Waals surface area (Å²) >= 11 is 3.31. The second kappa shape index (κ2) is 1.51. The highest BCUT2D eigenvalue weighted by molar-refractivity contribution is 9.09. The second-order valence-electron chi connectivity index (χ2n) is 2.79. The van der Waals surface area contributed by atoms with E-state index in [1.807, 2.05) is 0 Å². The first-order valence-corrected chi connectivity index (χ1v) is 4.15. The van der Waals surface area contributed by atoms with Gasteiger partial charge in [-0.05, 0) is 6.42 Å². The van der Waals surface area contributed by atoms with Crippen molar-refractivity contribution in [1.82, 2.24) is 0 Å². The molecular weight excluding hydrogens is 184 g/mol. The van der Waals surface area contributed by atoms with Crippen molar-refractivity contribution in [3.05, 3.63) is 0 Å². The molecule has 0 spiro atoms. The first kappa shape index (κ1) is 5.71. The van der Waals surface area contributed by atoms with Crippen molar-refractivity contribution in [2.45, 2.75) is 6.42 Å². The molecule has 2 fully saturated rings. The minimum absolute atomic E-state index is 0.00405. The van der Waals surface area contributed by atoms with Crippen LogP contribution in [0.4, 0.5) is 0 Å². The van der Waals surface area contributed by atoms with Crippen LogP contribution >= 0.6 is 15.9 Å². The van der Waals surface area contributed by atoms with Gasteiger partial charge in [-0.25, -0.2) is 0 Å². The third kappa shape index (κ3) is 0.534. The number of hydrogen-bond acceptors (Lipinski definition) is 2. The number of carbonyl (C=O) groups excluding carboxylic acids is 1. The molecule has 1 aliphatic heterocycles. The molecule has 1 heterocycles. The van der Waals surface area contributed by atoms with Crippen molar-refractivity contribution in [3.8, 4) is 0 Å². The van der Waals surface area contributed by atoms with Gasteiger partial charge in [-0.3, -0.25) is 4.79 Å². The van der Waals surface area contributed by atoms with E-state index in [1.54, 1.807) is 0 Å². The van der Waals surface area contributed by atoms with E-state index in [1.165, 1.54) is 0 Å². The first-order chi connectivity index (χ1) is 4.29. The zero-order chi connectivity index (χ0) is 6.48. The Morgan fingerprint density at radius 3 is 2.89 bits per heavy atom. The molecule has 0 radical (unpaired) electrons. The van der Waals surface area contributed by atoms with Crippen LogP contribution in [-0.4, -0.2) is 17.9 Å². The summed E-state index contributed by atoms with van der Waals surface area (Å²) in [5.74, 6) is 0.536. The summed E-state index contributed by atoms with van der Waals surface area (Å²) in [6, 6.07) is 0. The summed E-state index contributed by atoms with van der Waals surface area (Å²) in [4.78, 5) is 10.9. The van der Waals surface area contributed by atoms with Gasteiger partial charge in [0, 0.05) is 11.2 Å². The maximum absolute atomic E-state index is 10.9. The van der Waals surface area contributed by atoms with E-state index in [4.69, 9.17) is 4.74 Å². The smallest absolute Gasteiger partial charge is 0.313 e. The maximum Gasteiger partial charge on any atom is 0.313 e. The van der Waals surface area contributed by atoms with Gasteiger partial charge in [-0.15, -0.1) is 0 Å². The Morgan fingerprint density at radius 1 is 1.89 bits per heavy atom. The fourth-order valence-corrected chi connectivity index (χ4v) is 2.30. The van der Waals surface area contributed by atoms with Crippen LogP contribution in [0.1, 0.15) is 6.42 Å². The normalized spacial score (nSPS) is 46.3. The van der Waals surface area contributed by atoms with Crippen LogP contribution in [-0.2, 0) is 9.53 Å². The SMILES string of the molecule is O=C1OC[C@@H]2C[C@]12CBr. The predicted molar refractivity (Wildman–Crippen MR) is 35.3 cm³/mol. The molecule has 2 aliphatic rings. The van der Waals surface area contributed by atoms with Crippen LogP contribution in [0.2, 0.25) is 0 Å². The van der Waals surface area contributed by atoms with E-state index in [0.717, 1.165) is 11.8 Å². The van der Waals surface area contributed by atoms with E-state index in [-0.39, 0.29) is 11.4 Å². The number of carbonyl (C=O) groups is 1. The van der Waals surface area contributed by atoms with Crippen LogP contribution in [0.15, 0.2) is 0 Å². The Bertz CT molecular complexity index is 164. The minimum atomic E-state index is -0.0833. The predicted octanol–water partition coefficient (Wildman–Crippen LogP) is 0.944. The molecule has 2 rings (SSSR count). The van der Waals surface area contributed by atoms with E-state index in [2.05, 4.69) is 15.9 Å². The number of esters is 1. The van der Waals surface area contributed by atoms with Gasteiger partial charge in [0.05, 0.1) is 12.0 Å². The number of halogens is 1. The molecule has 0 unspecified atom stereocenters. The van der Waals surface area contributed by atoms with Gasteiger partial charge in [0.15, 0.2) is 0 Å². The van der Waals surface area contributed by atoms with E-state index >= 15 is 0 Å². The molecule has 0 aromatic carbocycles. The topological polar surface area (TPSA) is 26.3 Å². The Morgan fingerprint density at radius 2 is 2.67 bits per heavy atom. The molecule has 2 nitrogen and oxygen atoms in total. The van der Waals surface area contributed by atoms with Crippen molar-refractivity contribution in [2.24, 2.45) is 11.3 Å². The lowest BCUT2D eigenvalue weighted by Gasteiger charge is -2.01. The van der Waals surface area contributed by atoms with Crippen molar-refractivity contribution >= 4 is 21.9 Å². The van der Waals surface area contributed by atoms with Crippen molar-refractivity contribution < 1.29 is 9.53 Å². The van der Waals surface area contributed by atoms with E-state index in [0.29, 0.717) is 12.5 Å². The van der Waals surface area contributed by atoms with Crippen molar-refractivity contribution in [2.75, 3.05) is 11.9 Å². The number of cyclic esters (lactones) is 1. The molecule has 0 aromatic rings. The fourth-order valence-electron chi connectivity index (χ4n) is 1.39. The summed E-state index contributed by atoms with van der Waals surface area (Å²) in [6.45, 7) is 0.657. The lowest BCUT2D eigenvalue weighted by atomic mass is 10.1. The number of fused-ring (bicyclic) bond motifs is 1. The van der Waals surface area contributed by atoms with E-state index < -0.39 is 0 Å². The zero-order valence-electron chi connectivity index (χ0n) is 4.89. The standard InChI is InChI=1S/C6H7BrO2/c7-3-6-1-4(6)2-9-5(6)8/h4H,1-3H2/t4-,6+/m0/s1. The highest BCUT2D eigenvalue weighted by Gasteiger charge is 2.65. The lowest BCUT2D eigenvalue weighted by Crippen LogP contribution is -2.14. The Kier molecular flexibility index (Phi) is 0.958. The Balaban J connectivity index is 2.23. The molecule has 2 atom stereocenters. The third-order valence-electron chi connectivity index (χ3n) is 2.29. The van der Waals surface area contributed by atoms with Crippen LogP contribution in [0.3, 0.4) is 0 Å². The van der Waals surface area contributed by atoms with Crippen LogP contribution in [0.5, 0.6) is 0 Å². The summed E-state index contributed by atoms with van der Waals surface area (Å²) in [7, 11) is 0. The zero-order valence-corrected chi connectivity index (χ0v) is 6.48. The molecule has 9 heavy (non-hydrogen) atoms. The molecule has 3 heteroatoms. The van der Waals surface area contributed by atoms with Gasteiger partial charge in [0.25, 0.3) is 0 Å². The average Bonchev–Trinajstić information content (AvgIpc) is 2.52. The van der Waals surface area contributed by atoms with Crippen LogP contribution in [0, 0.1) is 11.3 Å². The molecule has 1 saturated heterocycles. The second-order valence-corrected chi connectivity index (χ2v) is 3.35. The number of alkyl halides is 1. The molecule has 0 bridgehead atoms. The number of hydrogen-bond donors (Lipinski definition) is 0. The van der Waals surface area contributed by atoms with Gasteiger partial charge < -0.3 is 4.74 Å². The van der Waals surface area contributed by atoms with Gasteiger partial charge in [-0.2, -0.15) is 0 Å². The molecule has 0 N–H and O–H groups in total. The minimum Gasteiger partial charge on any atom is -0.465 e. The van der Waals surface area contributed by atoms with E-state index in [9.17, 15) is 4.79 Å². The van der Waals surface area contributed by atoms with Gasteiger partial charge in [-0.1, -0.05) is 15.9 Å². The van der Waals surface area contributed by atoms with Crippen molar-refractivity contribution in [3.63, 3.8) is 0 Å². The molecule has 0 aromatic heterocycles. The van der Waals surface area contributed by atoms with Crippen LogP contribution in [0.25, 0.3) is 0 Å². The average molecular weight is 191 g/mol. The number of rotatable bonds is 1. The fraction of sp³-hybridized carbons (Fsp3) is 0.833. The van der Waals surface area contributed by atoms with Crippen molar-refractivity contribution in [1.29, 1.82) is 0 Å². The largest absolute Gasteiger partial charge is 0.465 e. The summed E-state index contributed by atoms with van der Waals surface area (Å²) in [5.41, 5.74) is -0.0833. The molecular formula is C6H7BrO2. The summed E-state index contributed by atoms with van der Waals surface area (Å²) in [5, 5.41) is 0.781. The molecule has 1 saturated carbocycles. The lowest BCUT2D eigenvalue weighted by molar-refractivity contribution is -0.144. The highest BCUT2D eigenvalue weighted by atomic mass is 79.9. The molecule has 0 amide bonds. The summed E-state index contributed by atoms with van der Waals surface area (Å²) in [6.07, 6.45) is 1.04. The van der Waals surface area contributed by atoms with Gasteiger partial charge in [0.1, 0.15) is 0 Å². The quantitative estimate of drug-likeness (QED) is 0.455. The molecule has 1 aliphatic carbocycles. The number of ether oxygens (including phenoxy) is 1.